The molecule has 0 bridgehead atoms. The Kier molecular flexibility index (Phi) is 6.79. The van der Waals surface area contributed by atoms with Crippen molar-refractivity contribution in [3.05, 3.63) is 96.7 Å². The normalized spacial score (nSPS) is 12.1. The highest BCUT2D eigenvalue weighted by Gasteiger charge is 2.24. The number of carbonyl (C=O) groups is 2. The van der Waals surface area contributed by atoms with Crippen LogP contribution in [0.25, 0.3) is 10.9 Å². The Bertz CT molecular complexity index is 1480. The van der Waals surface area contributed by atoms with Crippen LogP contribution in [-0.4, -0.2) is 38.4 Å². The third-order valence-electron chi connectivity index (χ3n) is 5.40. The van der Waals surface area contributed by atoms with Gasteiger partial charge in [0.2, 0.25) is 0 Å². The first kappa shape index (κ1) is 23.9. The van der Waals surface area contributed by atoms with Crippen LogP contribution in [0.3, 0.4) is 0 Å². The van der Waals surface area contributed by atoms with Gasteiger partial charge in [0, 0.05) is 18.6 Å². The van der Waals surface area contributed by atoms with Crippen LogP contribution in [0.2, 0.25) is 0 Å². The maximum atomic E-state index is 13.1. The predicted octanol–water partition coefficient (Wildman–Crippen LogP) is 4.24. The summed E-state index contributed by atoms with van der Waals surface area (Å²) in [6, 6.07) is 23.0. The number of fused-ring (bicyclic) bond motifs is 1. The Morgan fingerprint density at radius 2 is 1.69 bits per heavy atom. The number of rotatable bonds is 7. The van der Waals surface area contributed by atoms with Crippen LogP contribution in [0.1, 0.15) is 17.3 Å². The Morgan fingerprint density at radius 1 is 0.943 bits per heavy atom. The molecule has 178 valence electrons. The summed E-state index contributed by atoms with van der Waals surface area (Å²) in [4.78, 5) is 29.6. The topological polar surface area (TPSA) is 106 Å². The zero-order chi connectivity index (χ0) is 25.0. The largest absolute Gasteiger partial charge is 0.449 e. The molecule has 0 saturated heterocycles. The quantitative estimate of drug-likeness (QED) is 0.389. The molecule has 8 nitrogen and oxygen atoms in total. The van der Waals surface area contributed by atoms with E-state index in [2.05, 4.69) is 10.3 Å². The van der Waals surface area contributed by atoms with Gasteiger partial charge in [0.1, 0.15) is 0 Å². The van der Waals surface area contributed by atoms with Crippen LogP contribution in [0, 0.1) is 0 Å². The maximum Gasteiger partial charge on any atom is 0.338 e. The van der Waals surface area contributed by atoms with Crippen molar-refractivity contribution in [2.45, 2.75) is 17.9 Å². The van der Waals surface area contributed by atoms with Crippen molar-refractivity contribution in [2.75, 3.05) is 16.7 Å². The van der Waals surface area contributed by atoms with E-state index in [1.54, 1.807) is 54.7 Å². The summed E-state index contributed by atoms with van der Waals surface area (Å²) in [6.07, 6.45) is 0.534. The minimum atomic E-state index is -3.91. The lowest BCUT2D eigenvalue weighted by Crippen LogP contribution is -2.30. The lowest BCUT2D eigenvalue weighted by molar-refractivity contribution is -0.123. The molecule has 1 aromatic heterocycles. The van der Waals surface area contributed by atoms with Gasteiger partial charge in [-0.25, -0.2) is 13.2 Å². The van der Waals surface area contributed by atoms with Crippen molar-refractivity contribution in [1.82, 2.24) is 4.98 Å². The summed E-state index contributed by atoms with van der Waals surface area (Å²) < 4.78 is 32.6. The molecule has 0 aliphatic carbocycles. The second-order valence-corrected chi connectivity index (χ2v) is 9.72. The van der Waals surface area contributed by atoms with Crippen molar-refractivity contribution in [1.29, 1.82) is 0 Å². The fourth-order valence-corrected chi connectivity index (χ4v) is 4.69. The van der Waals surface area contributed by atoms with Gasteiger partial charge < -0.3 is 10.1 Å². The molecular weight excluding hydrogens is 466 g/mol. The number of hydrogen-bond acceptors (Lipinski definition) is 6. The summed E-state index contributed by atoms with van der Waals surface area (Å²) in [5.74, 6) is -1.34. The summed E-state index contributed by atoms with van der Waals surface area (Å²) >= 11 is 0. The van der Waals surface area contributed by atoms with Crippen LogP contribution in [0.4, 0.5) is 11.4 Å². The number of aromatic nitrogens is 1. The van der Waals surface area contributed by atoms with Gasteiger partial charge in [0.15, 0.2) is 6.10 Å². The van der Waals surface area contributed by atoms with Crippen molar-refractivity contribution in [3.63, 3.8) is 0 Å². The van der Waals surface area contributed by atoms with E-state index in [9.17, 15) is 18.0 Å². The number of nitrogens with one attached hydrogen (secondary N) is 1. The maximum absolute atomic E-state index is 13.1. The van der Waals surface area contributed by atoms with E-state index in [1.165, 1.54) is 38.2 Å². The first-order valence-corrected chi connectivity index (χ1v) is 12.2. The minimum Gasteiger partial charge on any atom is -0.449 e. The van der Waals surface area contributed by atoms with Crippen LogP contribution < -0.4 is 9.62 Å². The van der Waals surface area contributed by atoms with E-state index in [1.807, 2.05) is 12.1 Å². The number of pyridine rings is 1. The van der Waals surface area contributed by atoms with Gasteiger partial charge >= 0.3 is 5.97 Å². The van der Waals surface area contributed by atoms with Gasteiger partial charge in [-0.15, -0.1) is 0 Å². The van der Waals surface area contributed by atoms with E-state index in [0.29, 0.717) is 16.9 Å². The summed E-state index contributed by atoms with van der Waals surface area (Å²) in [7, 11) is -2.48. The first-order valence-electron chi connectivity index (χ1n) is 10.8. The molecule has 3 aromatic carbocycles. The van der Waals surface area contributed by atoms with Crippen molar-refractivity contribution in [2.24, 2.45) is 0 Å². The molecule has 35 heavy (non-hydrogen) atoms. The molecule has 1 unspecified atom stereocenters. The highest BCUT2D eigenvalue weighted by Crippen LogP contribution is 2.24. The number of esters is 1. The Labute approximate surface area is 203 Å². The van der Waals surface area contributed by atoms with Crippen LogP contribution in [-0.2, 0) is 19.6 Å². The third kappa shape index (κ3) is 5.15. The Hall–Kier alpha value is -4.24. The minimum absolute atomic E-state index is 0.0153. The average molecular weight is 490 g/mol. The van der Waals surface area contributed by atoms with Crippen LogP contribution in [0.5, 0.6) is 0 Å². The number of anilines is 2. The molecule has 1 heterocycles. The highest BCUT2D eigenvalue weighted by atomic mass is 32.2. The van der Waals surface area contributed by atoms with Crippen LogP contribution in [0.15, 0.2) is 96.0 Å². The summed E-state index contributed by atoms with van der Waals surface area (Å²) in [6.45, 7) is 1.44. The van der Waals surface area contributed by atoms with E-state index >= 15 is 0 Å². The standard InChI is InChI=1S/C26H23N3O5S/c1-18(25(30)28-24-15-7-14-23-22(24)13-8-16-27-23)34-26(31)19-9-6-12-21(17-19)35(32,33)29(2)20-10-4-3-5-11-20/h3-18H,1-2H3,(H,28,30). The fourth-order valence-electron chi connectivity index (χ4n) is 3.45. The number of carbonyl (C=O) groups excluding carboxylic acids is 2. The molecular formula is C26H23N3O5S. The second kappa shape index (κ2) is 9.94. The molecule has 0 spiro atoms. The van der Waals surface area contributed by atoms with Gasteiger partial charge in [0.25, 0.3) is 15.9 Å². The van der Waals surface area contributed by atoms with E-state index < -0.39 is 28.0 Å². The molecule has 0 radical (unpaired) electrons. The van der Waals surface area contributed by atoms with Gasteiger partial charge in [-0.2, -0.15) is 0 Å². The third-order valence-corrected chi connectivity index (χ3v) is 7.19. The zero-order valence-electron chi connectivity index (χ0n) is 19.1. The number of ether oxygens (including phenoxy) is 1. The molecule has 0 saturated carbocycles. The SMILES string of the molecule is CC(OC(=O)c1cccc(S(=O)(=O)N(C)c2ccccc2)c1)C(=O)Nc1cccc2ncccc12. The molecule has 1 amide bonds. The number of sulfonamides is 1. The average Bonchev–Trinajstić information content (AvgIpc) is 2.89. The first-order chi connectivity index (χ1) is 16.8. The molecule has 0 aliphatic rings. The number of nitrogens with zero attached hydrogens (tertiary/aromatic N) is 2. The Morgan fingerprint density at radius 3 is 2.46 bits per heavy atom. The van der Waals surface area contributed by atoms with Gasteiger partial charge in [-0.05, 0) is 61.5 Å². The van der Waals surface area contributed by atoms with Gasteiger partial charge in [-0.1, -0.05) is 30.3 Å². The highest BCUT2D eigenvalue weighted by molar-refractivity contribution is 7.92. The smallest absolute Gasteiger partial charge is 0.338 e. The molecule has 4 rings (SSSR count). The zero-order valence-corrected chi connectivity index (χ0v) is 19.9. The Balaban J connectivity index is 1.48. The van der Waals surface area contributed by atoms with Gasteiger partial charge in [0.05, 0.1) is 27.4 Å². The second-order valence-electron chi connectivity index (χ2n) is 7.75. The lowest BCUT2D eigenvalue weighted by atomic mass is 10.1. The monoisotopic (exact) mass is 489 g/mol. The molecule has 0 fully saturated rings. The van der Waals surface area contributed by atoms with Crippen molar-refractivity contribution >= 4 is 44.2 Å². The summed E-state index contributed by atoms with van der Waals surface area (Å²) in [5, 5.41) is 3.50. The lowest BCUT2D eigenvalue weighted by Gasteiger charge is -2.20. The summed E-state index contributed by atoms with van der Waals surface area (Å²) in [5.41, 5.74) is 1.75. The molecule has 0 aliphatic heterocycles. The van der Waals surface area contributed by atoms with Gasteiger partial charge in [-0.3, -0.25) is 14.1 Å². The molecule has 9 heteroatoms. The van der Waals surface area contributed by atoms with Crippen molar-refractivity contribution in [3.8, 4) is 0 Å². The molecule has 1 atom stereocenters. The number of para-hydroxylation sites is 1. The van der Waals surface area contributed by atoms with Crippen molar-refractivity contribution < 1.29 is 22.7 Å². The molecule has 4 aromatic rings. The number of amides is 1. The van der Waals surface area contributed by atoms with E-state index in [-0.39, 0.29) is 10.5 Å². The van der Waals surface area contributed by atoms with Crippen LogP contribution >= 0.6 is 0 Å². The van der Waals surface area contributed by atoms with E-state index in [4.69, 9.17) is 4.74 Å². The molecule has 1 N–H and O–H groups in total. The number of benzene rings is 3. The fraction of sp³-hybridized carbons (Fsp3) is 0.115. The number of hydrogen-bond donors (Lipinski definition) is 1. The predicted molar refractivity (Wildman–Crippen MR) is 134 cm³/mol. The van der Waals surface area contributed by atoms with E-state index in [0.717, 1.165) is 9.69 Å².